The van der Waals surface area contributed by atoms with Crippen LogP contribution in [0.4, 0.5) is 5.69 Å². The molecular weight excluding hydrogens is 242 g/mol. The fraction of sp³-hybridized carbons (Fsp3) is 0.714. The molecule has 19 heavy (non-hydrogen) atoms. The molecule has 5 nitrogen and oxygen atoms in total. The van der Waals surface area contributed by atoms with Gasteiger partial charge < -0.3 is 10.5 Å². The molecule has 2 unspecified atom stereocenters. The van der Waals surface area contributed by atoms with E-state index in [1.807, 2.05) is 6.92 Å². The van der Waals surface area contributed by atoms with Crippen molar-refractivity contribution in [3.05, 3.63) is 11.4 Å². The zero-order valence-electron chi connectivity index (χ0n) is 12.0. The third-order valence-electron chi connectivity index (χ3n) is 3.98. The van der Waals surface area contributed by atoms with Crippen molar-refractivity contribution in [2.45, 2.75) is 52.1 Å². The first-order valence-corrected chi connectivity index (χ1v) is 7.06. The largest absolute Gasteiger partial charge is 0.457 e. The Balaban J connectivity index is 2.13. The van der Waals surface area contributed by atoms with Crippen LogP contribution in [0.15, 0.2) is 0 Å². The molecule has 1 heterocycles. The average Bonchev–Trinajstić information content (AvgIpc) is 2.67. The Morgan fingerprint density at radius 1 is 1.47 bits per heavy atom. The molecule has 2 rings (SSSR count). The van der Waals surface area contributed by atoms with E-state index in [1.54, 1.807) is 7.05 Å². The Kier molecular flexibility index (Phi) is 4.12. The standard InChI is InChI=1S/C14H23N3O2/c1-4-10-12(15)13(17(3)16-10)14(18)19-11-8-6-5-7-9(11)2/h9,11H,4-8,15H2,1-3H3. The van der Waals surface area contributed by atoms with Gasteiger partial charge in [0.1, 0.15) is 6.10 Å². The monoisotopic (exact) mass is 265 g/mol. The number of carbonyl (C=O) groups excluding carboxylic acids is 1. The van der Waals surface area contributed by atoms with Gasteiger partial charge in [-0.25, -0.2) is 4.79 Å². The van der Waals surface area contributed by atoms with Crippen molar-refractivity contribution in [3.63, 3.8) is 0 Å². The summed E-state index contributed by atoms with van der Waals surface area (Å²) in [6.45, 7) is 4.11. The van der Waals surface area contributed by atoms with Gasteiger partial charge in [0.15, 0.2) is 5.69 Å². The van der Waals surface area contributed by atoms with Crippen molar-refractivity contribution in [2.24, 2.45) is 13.0 Å². The van der Waals surface area contributed by atoms with Gasteiger partial charge in [0.25, 0.3) is 0 Å². The molecule has 1 aromatic rings. The first-order valence-electron chi connectivity index (χ1n) is 7.06. The Morgan fingerprint density at radius 2 is 2.16 bits per heavy atom. The number of anilines is 1. The maximum atomic E-state index is 12.3. The highest BCUT2D eigenvalue weighted by Gasteiger charge is 2.28. The molecule has 5 heteroatoms. The lowest BCUT2D eigenvalue weighted by Gasteiger charge is -2.28. The quantitative estimate of drug-likeness (QED) is 0.851. The van der Waals surface area contributed by atoms with Crippen LogP contribution >= 0.6 is 0 Å². The number of carbonyl (C=O) groups is 1. The smallest absolute Gasteiger partial charge is 0.359 e. The van der Waals surface area contributed by atoms with Gasteiger partial charge in [-0.2, -0.15) is 5.10 Å². The third-order valence-corrected chi connectivity index (χ3v) is 3.98. The number of nitrogen functional groups attached to an aromatic ring is 1. The molecule has 1 fully saturated rings. The van der Waals surface area contributed by atoms with Crippen LogP contribution in [-0.4, -0.2) is 21.9 Å². The van der Waals surface area contributed by atoms with E-state index in [0.717, 1.165) is 25.0 Å². The maximum absolute atomic E-state index is 12.3. The second-order valence-corrected chi connectivity index (χ2v) is 5.39. The summed E-state index contributed by atoms with van der Waals surface area (Å²) in [6, 6.07) is 0. The lowest BCUT2D eigenvalue weighted by atomic mass is 9.88. The molecule has 106 valence electrons. The van der Waals surface area contributed by atoms with Gasteiger partial charge in [-0.3, -0.25) is 4.68 Å². The topological polar surface area (TPSA) is 70.1 Å². The minimum atomic E-state index is -0.342. The summed E-state index contributed by atoms with van der Waals surface area (Å²) in [7, 11) is 1.73. The number of aryl methyl sites for hydroxylation is 2. The second-order valence-electron chi connectivity index (χ2n) is 5.39. The number of hydrogen-bond donors (Lipinski definition) is 1. The zero-order chi connectivity index (χ0) is 14.0. The molecule has 2 atom stereocenters. The summed E-state index contributed by atoms with van der Waals surface area (Å²) in [4.78, 5) is 12.3. The molecule has 1 aliphatic carbocycles. The Morgan fingerprint density at radius 3 is 2.74 bits per heavy atom. The lowest BCUT2D eigenvalue weighted by molar-refractivity contribution is 0.00383. The van der Waals surface area contributed by atoms with Crippen LogP contribution in [0.1, 0.15) is 55.7 Å². The van der Waals surface area contributed by atoms with Crippen LogP contribution < -0.4 is 5.73 Å². The Labute approximate surface area is 114 Å². The molecule has 0 saturated heterocycles. The van der Waals surface area contributed by atoms with Crippen molar-refractivity contribution in [1.29, 1.82) is 0 Å². The van der Waals surface area contributed by atoms with Crippen molar-refractivity contribution in [2.75, 3.05) is 5.73 Å². The first-order chi connectivity index (χ1) is 9.04. The summed E-state index contributed by atoms with van der Waals surface area (Å²) in [5, 5.41) is 4.25. The Hall–Kier alpha value is -1.52. The van der Waals surface area contributed by atoms with Gasteiger partial charge in [-0.05, 0) is 31.6 Å². The van der Waals surface area contributed by atoms with E-state index >= 15 is 0 Å². The van der Waals surface area contributed by atoms with Gasteiger partial charge in [0, 0.05) is 7.05 Å². The lowest BCUT2D eigenvalue weighted by Crippen LogP contribution is -2.29. The molecule has 0 amide bonds. The number of aromatic nitrogens is 2. The van der Waals surface area contributed by atoms with E-state index in [0.29, 0.717) is 23.7 Å². The Bertz CT molecular complexity index is 468. The van der Waals surface area contributed by atoms with Crippen LogP contribution in [0, 0.1) is 5.92 Å². The highest BCUT2D eigenvalue weighted by Crippen LogP contribution is 2.28. The molecule has 0 bridgehead atoms. The molecule has 0 aliphatic heterocycles. The highest BCUT2D eigenvalue weighted by molar-refractivity contribution is 5.94. The fourth-order valence-corrected chi connectivity index (χ4v) is 2.75. The van der Waals surface area contributed by atoms with Gasteiger partial charge in [-0.1, -0.05) is 20.3 Å². The maximum Gasteiger partial charge on any atom is 0.359 e. The number of ether oxygens (including phenoxy) is 1. The van der Waals surface area contributed by atoms with Crippen LogP contribution in [0.3, 0.4) is 0 Å². The average molecular weight is 265 g/mol. The predicted octanol–water partition coefficient (Wildman–Crippen LogP) is 2.30. The van der Waals surface area contributed by atoms with E-state index in [9.17, 15) is 4.79 Å². The molecule has 1 saturated carbocycles. The molecule has 0 radical (unpaired) electrons. The summed E-state index contributed by atoms with van der Waals surface area (Å²) >= 11 is 0. The van der Waals surface area contributed by atoms with Crippen molar-refractivity contribution in [1.82, 2.24) is 9.78 Å². The van der Waals surface area contributed by atoms with Crippen LogP contribution in [-0.2, 0) is 18.2 Å². The van der Waals surface area contributed by atoms with E-state index in [-0.39, 0.29) is 12.1 Å². The van der Waals surface area contributed by atoms with E-state index in [4.69, 9.17) is 10.5 Å². The molecule has 1 aliphatic rings. The van der Waals surface area contributed by atoms with Crippen LogP contribution in [0.25, 0.3) is 0 Å². The van der Waals surface area contributed by atoms with Gasteiger partial charge >= 0.3 is 5.97 Å². The van der Waals surface area contributed by atoms with E-state index in [2.05, 4.69) is 12.0 Å². The molecule has 1 aromatic heterocycles. The number of hydrogen-bond acceptors (Lipinski definition) is 4. The summed E-state index contributed by atoms with van der Waals surface area (Å²) in [5.41, 5.74) is 7.57. The SMILES string of the molecule is CCc1nn(C)c(C(=O)OC2CCCCC2C)c1N. The third kappa shape index (κ3) is 2.74. The summed E-state index contributed by atoms with van der Waals surface area (Å²) in [5.74, 6) is 0.0868. The summed E-state index contributed by atoms with van der Waals surface area (Å²) in [6.07, 6.45) is 5.16. The van der Waals surface area contributed by atoms with Crippen molar-refractivity contribution in [3.8, 4) is 0 Å². The summed E-state index contributed by atoms with van der Waals surface area (Å²) < 4.78 is 7.16. The van der Waals surface area contributed by atoms with Crippen LogP contribution in [0.5, 0.6) is 0 Å². The van der Waals surface area contributed by atoms with Crippen LogP contribution in [0.2, 0.25) is 0 Å². The molecule has 2 N–H and O–H groups in total. The number of rotatable bonds is 3. The molecular formula is C14H23N3O2. The van der Waals surface area contributed by atoms with Crippen molar-refractivity contribution >= 4 is 11.7 Å². The van der Waals surface area contributed by atoms with Gasteiger partial charge in [0.2, 0.25) is 0 Å². The van der Waals surface area contributed by atoms with E-state index in [1.165, 1.54) is 11.1 Å². The fourth-order valence-electron chi connectivity index (χ4n) is 2.75. The minimum Gasteiger partial charge on any atom is -0.457 e. The number of nitrogens with two attached hydrogens (primary N) is 1. The highest BCUT2D eigenvalue weighted by atomic mass is 16.5. The van der Waals surface area contributed by atoms with Crippen molar-refractivity contribution < 1.29 is 9.53 Å². The zero-order valence-corrected chi connectivity index (χ0v) is 12.0. The van der Waals surface area contributed by atoms with Gasteiger partial charge in [0.05, 0.1) is 11.4 Å². The number of nitrogens with zero attached hydrogens (tertiary/aromatic N) is 2. The van der Waals surface area contributed by atoms with E-state index < -0.39 is 0 Å². The minimum absolute atomic E-state index is 0.0145. The normalized spacial score (nSPS) is 23.3. The first kappa shape index (κ1) is 13.9. The van der Waals surface area contributed by atoms with Gasteiger partial charge in [-0.15, -0.1) is 0 Å². The molecule has 0 aromatic carbocycles. The number of esters is 1. The predicted molar refractivity (Wildman–Crippen MR) is 73.8 cm³/mol. The second kappa shape index (κ2) is 5.63. The molecule has 0 spiro atoms.